The molecular weight excluding hydrogens is 1190 g/mol. The van der Waals surface area contributed by atoms with E-state index in [4.69, 9.17) is 38.3 Å². The number of Topliss-reactive ketones (excluding diaryl/α,β-unsaturated/α-hetero) is 1. The summed E-state index contributed by atoms with van der Waals surface area (Å²) in [6, 6.07) is 17.7. The number of aliphatic hydroxyl groups is 1. The lowest BCUT2D eigenvalue weighted by Gasteiger charge is -2.63. The molecule has 7 rings (SSSR count). The van der Waals surface area contributed by atoms with Crippen LogP contribution in [0.15, 0.2) is 96.1 Å². The van der Waals surface area contributed by atoms with Gasteiger partial charge in [-0.3, -0.25) is 28.8 Å². The molecule has 7 N–H and O–H groups in total. The maximum atomic E-state index is 16.0. The van der Waals surface area contributed by atoms with Crippen LogP contribution in [-0.4, -0.2) is 155 Å². The number of ketones is 1. The molecule has 13 atom stereocenters. The number of hydrogen-bond acceptors (Lipinski definition) is 20. The normalized spacial score (nSPS) is 26.1. The van der Waals surface area contributed by atoms with E-state index in [1.807, 2.05) is 0 Å². The summed E-state index contributed by atoms with van der Waals surface area (Å²) >= 11 is 0. The molecule has 3 aromatic carbocycles. The SMILES string of the molecule is CO[C@H]1C[C@H]2OC[C@@]2(OC(C)=O)[C@H]2[C@H](OC(=O)c3ccccc3)C[C@]3(O)C[C@H](OC(=O)[C@H](OC(=O)CCC(=O)Nc4ccc(C[C@H](NC(=O)N[C@@H](CCC(=O)O)OC=O)C(=O)O)cc4)[C@@H](NC(=O)OC(C)(C)C)c4ccccc4)C(C)=C([C@@H](C)C(=O)[C@]12C)C3(C)C. The molecule has 4 aliphatic rings. The van der Waals surface area contributed by atoms with E-state index in [-0.39, 0.29) is 49.2 Å². The molecule has 1 heterocycles. The Morgan fingerprint density at radius 3 is 2.05 bits per heavy atom. The van der Waals surface area contributed by atoms with E-state index in [2.05, 4.69) is 26.0 Å². The van der Waals surface area contributed by atoms with Crippen LogP contribution in [0.25, 0.3) is 0 Å². The fourth-order valence-corrected chi connectivity index (χ4v) is 13.3. The van der Waals surface area contributed by atoms with Gasteiger partial charge in [0.05, 0.1) is 48.0 Å². The number of methoxy groups -OCH3 is 1. The first-order chi connectivity index (χ1) is 42.8. The summed E-state index contributed by atoms with van der Waals surface area (Å²) in [4.78, 5) is 147. The Bertz CT molecular complexity index is 3260. The van der Waals surface area contributed by atoms with Crippen molar-refractivity contribution in [2.45, 2.75) is 179 Å². The minimum absolute atomic E-state index is 0.00249. The maximum absolute atomic E-state index is 16.0. The van der Waals surface area contributed by atoms with Crippen LogP contribution in [0.3, 0.4) is 0 Å². The third kappa shape index (κ3) is 15.9. The number of carboxylic acid groups (broad SMARTS) is 2. The number of benzene rings is 3. The van der Waals surface area contributed by atoms with Crippen LogP contribution in [0.4, 0.5) is 15.3 Å². The zero-order valence-corrected chi connectivity index (χ0v) is 52.4. The van der Waals surface area contributed by atoms with E-state index in [0.717, 1.165) is 0 Å². The van der Waals surface area contributed by atoms with Gasteiger partial charge in [0.25, 0.3) is 6.47 Å². The Morgan fingerprint density at radius 1 is 0.835 bits per heavy atom. The molecule has 3 aliphatic carbocycles. The zero-order chi connectivity index (χ0) is 67.0. The molecule has 0 radical (unpaired) electrons. The van der Waals surface area contributed by atoms with Gasteiger partial charge in [-0.1, -0.05) is 81.4 Å². The quantitative estimate of drug-likeness (QED) is 0.0172. The van der Waals surface area contributed by atoms with Crippen LogP contribution >= 0.6 is 0 Å². The Labute approximate surface area is 525 Å². The van der Waals surface area contributed by atoms with Gasteiger partial charge in [0.1, 0.15) is 41.8 Å². The van der Waals surface area contributed by atoms with E-state index < -0.39 is 180 Å². The fourth-order valence-electron chi connectivity index (χ4n) is 13.3. The lowest BCUT2D eigenvalue weighted by Crippen LogP contribution is -2.77. The zero-order valence-electron chi connectivity index (χ0n) is 52.4. The number of alkyl carbamates (subject to hydrolysis) is 1. The minimum Gasteiger partial charge on any atom is -0.481 e. The number of rotatable bonds is 24. The first-order valence-electron chi connectivity index (χ1n) is 29.8. The van der Waals surface area contributed by atoms with E-state index in [9.17, 15) is 53.4 Å². The predicted octanol–water partition coefficient (Wildman–Crippen LogP) is 6.21. The summed E-state index contributed by atoms with van der Waals surface area (Å²) < 4.78 is 47.7. The highest BCUT2D eigenvalue weighted by Gasteiger charge is 2.74. The number of esters is 4. The van der Waals surface area contributed by atoms with Gasteiger partial charge in [-0.2, -0.15) is 0 Å². The van der Waals surface area contributed by atoms with E-state index >= 15 is 9.59 Å². The number of nitrogens with one attached hydrogen (secondary N) is 4. The Balaban J connectivity index is 1.18. The van der Waals surface area contributed by atoms with Crippen LogP contribution in [0.2, 0.25) is 0 Å². The average Bonchev–Trinajstić information content (AvgIpc) is 1.68. The minimum atomic E-state index is -2.04. The lowest BCUT2D eigenvalue weighted by molar-refractivity contribution is -0.333. The molecule has 2 saturated carbocycles. The second kappa shape index (κ2) is 28.6. The first-order valence-corrected chi connectivity index (χ1v) is 29.8. The number of ether oxygens (including phenoxy) is 8. The number of fused-ring (bicyclic) bond motifs is 5. The Kier molecular flexibility index (Phi) is 21.9. The lowest BCUT2D eigenvalue weighted by atomic mass is 9.51. The predicted molar refractivity (Wildman–Crippen MR) is 319 cm³/mol. The first kappa shape index (κ1) is 69.7. The Morgan fingerprint density at radius 2 is 1.48 bits per heavy atom. The molecule has 492 valence electrons. The largest absolute Gasteiger partial charge is 0.481 e. The van der Waals surface area contributed by atoms with Crippen LogP contribution < -0.4 is 21.3 Å². The van der Waals surface area contributed by atoms with Gasteiger partial charge in [0, 0.05) is 69.6 Å². The molecule has 0 unspecified atom stereocenters. The smallest absolute Gasteiger partial charge is 0.408 e. The second-order valence-electron chi connectivity index (χ2n) is 25.1. The summed E-state index contributed by atoms with van der Waals surface area (Å²) in [5, 5.41) is 42.2. The monoisotopic (exact) mass is 1270 g/mol. The summed E-state index contributed by atoms with van der Waals surface area (Å²) in [5.74, 6) is -9.90. The average molecular weight is 1270 g/mol. The molecule has 3 aromatic rings. The molecule has 3 fully saturated rings. The van der Waals surface area contributed by atoms with Gasteiger partial charge >= 0.3 is 47.9 Å². The third-order valence-electron chi connectivity index (χ3n) is 17.6. The number of anilines is 1. The number of carboxylic acids is 2. The van der Waals surface area contributed by atoms with Crippen LogP contribution in [-0.2, 0) is 82.7 Å². The van der Waals surface area contributed by atoms with E-state index in [1.165, 1.54) is 38.3 Å². The topological polar surface area (TPSA) is 370 Å². The standard InChI is InChI=1S/C65H80N4O22/c1-35-43(31-64(83)32-44(88-57(79)40-19-15-12-16-20-40)54-63(9,55(76)36(2)51(35)62(64,7)8)45(84-10)30-46-65(54,33-85-46)90-37(3)71)87-58(80)53(52(39-17-13-11-14-18-39)69-60(82)91-61(4,5)6)89-50(75)28-25-47(72)66-41-23-21-38(22-24-41)29-42(56(77)78)67-59(81)68-48(86-34-70)26-27-49(73)74/h11-24,34,36,42-46,48,52-54,83H,25-33H2,1-10H3,(H,66,72)(H,69,82)(H,73,74)(H,77,78)(H2,67,68,81)/t36-,42+,43+,44-,45+,46-,48-,52+,53-,54+,63-,64-,65+/m1/s1. The van der Waals surface area contributed by atoms with Crippen molar-refractivity contribution in [2.24, 2.45) is 22.7 Å². The van der Waals surface area contributed by atoms with Gasteiger partial charge in [-0.25, -0.2) is 24.0 Å². The number of aliphatic carboxylic acids is 2. The highest BCUT2D eigenvalue weighted by Crippen LogP contribution is 2.63. The highest BCUT2D eigenvalue weighted by atomic mass is 16.6. The summed E-state index contributed by atoms with van der Waals surface area (Å²) in [6.07, 6.45) is -11.9. The van der Waals surface area contributed by atoms with Gasteiger partial charge < -0.3 is 74.5 Å². The van der Waals surface area contributed by atoms with Crippen molar-refractivity contribution in [3.8, 4) is 0 Å². The highest BCUT2D eigenvalue weighted by molar-refractivity contribution is 5.94. The fraction of sp³-hybridized carbons (Fsp3) is 0.523. The molecule has 91 heavy (non-hydrogen) atoms. The van der Waals surface area contributed by atoms with Gasteiger partial charge in [0.15, 0.2) is 11.8 Å². The molecular formula is C65H80N4O22. The summed E-state index contributed by atoms with van der Waals surface area (Å²) in [7, 11) is 1.44. The molecule has 26 heteroatoms. The van der Waals surface area contributed by atoms with Crippen molar-refractivity contribution >= 4 is 71.8 Å². The summed E-state index contributed by atoms with van der Waals surface area (Å²) in [5.41, 5.74) is -5.91. The van der Waals surface area contributed by atoms with Crippen LogP contribution in [0.1, 0.15) is 135 Å². The van der Waals surface area contributed by atoms with Gasteiger partial charge in [0.2, 0.25) is 12.0 Å². The van der Waals surface area contributed by atoms with Crippen molar-refractivity contribution in [3.05, 3.63) is 113 Å². The molecule has 4 amide bonds. The van der Waals surface area contributed by atoms with Crippen molar-refractivity contribution in [3.63, 3.8) is 0 Å². The van der Waals surface area contributed by atoms with Crippen molar-refractivity contribution in [2.75, 3.05) is 19.0 Å². The van der Waals surface area contributed by atoms with Gasteiger partial charge in [-0.15, -0.1) is 0 Å². The van der Waals surface area contributed by atoms with E-state index in [1.54, 1.807) is 116 Å². The number of urea groups is 1. The molecule has 0 aromatic heterocycles. The van der Waals surface area contributed by atoms with Crippen LogP contribution in [0, 0.1) is 22.7 Å². The second-order valence-corrected chi connectivity index (χ2v) is 25.1. The van der Waals surface area contributed by atoms with Crippen LogP contribution in [0.5, 0.6) is 0 Å². The number of carbonyl (C=O) groups excluding carboxylic acids is 9. The van der Waals surface area contributed by atoms with E-state index in [0.29, 0.717) is 16.7 Å². The molecule has 26 nitrogen and oxygen atoms in total. The number of hydrogen-bond donors (Lipinski definition) is 7. The maximum Gasteiger partial charge on any atom is 0.408 e. The molecule has 2 bridgehead atoms. The summed E-state index contributed by atoms with van der Waals surface area (Å²) in [6.45, 7) is 14.4. The molecule has 0 spiro atoms. The third-order valence-corrected chi connectivity index (χ3v) is 17.6. The molecule has 1 saturated heterocycles. The number of amides is 4. The van der Waals surface area contributed by atoms with Crippen molar-refractivity contribution in [1.29, 1.82) is 0 Å². The number of carbonyl (C=O) groups is 11. The molecule has 1 aliphatic heterocycles. The Hall–Kier alpha value is -8.75. The van der Waals surface area contributed by atoms with Gasteiger partial charge in [-0.05, 0) is 81.2 Å². The van der Waals surface area contributed by atoms with Crippen molar-refractivity contribution in [1.82, 2.24) is 16.0 Å². The van der Waals surface area contributed by atoms with Crippen molar-refractivity contribution < 1.29 is 106 Å².